The highest BCUT2D eigenvalue weighted by Gasteiger charge is 2.53. The number of carbonyl (C=O) groups excluding carboxylic acids is 2. The number of allylic oxidation sites excluding steroid dienone is 1. The number of carboxylic acids is 1. The Bertz CT molecular complexity index is 1190. The molecule has 2 aromatic rings. The number of aromatic nitrogens is 4. The Morgan fingerprint density at radius 1 is 1.49 bits per heavy atom. The molecule has 35 heavy (non-hydrogen) atoms. The SMILES string of the molecule is C=CCO/N=C(\C(=O)N[C@@H]1C(=O)N2C(C(=O)O)=C(SCSc3cn[nH]n3)CC[C@H]12)c1csc(N)n1. The van der Waals surface area contributed by atoms with Crippen molar-refractivity contribution in [2.24, 2.45) is 5.16 Å². The van der Waals surface area contributed by atoms with Crippen molar-refractivity contribution in [3.05, 3.63) is 40.5 Å². The van der Waals surface area contributed by atoms with Crippen LogP contribution >= 0.6 is 34.9 Å². The molecule has 0 unspecified atom stereocenters. The number of nitrogens with two attached hydrogens (primary N) is 1. The molecule has 2 aromatic heterocycles. The number of nitrogens with one attached hydrogen (secondary N) is 2. The van der Waals surface area contributed by atoms with Gasteiger partial charge in [0, 0.05) is 10.3 Å². The van der Waals surface area contributed by atoms with Gasteiger partial charge in [0.05, 0.1) is 17.3 Å². The Labute approximate surface area is 211 Å². The molecule has 2 amide bonds. The zero-order chi connectivity index (χ0) is 24.9. The molecular formula is C19H20N8O5S3. The van der Waals surface area contributed by atoms with Crippen LogP contribution in [-0.4, -0.2) is 77.7 Å². The van der Waals surface area contributed by atoms with Crippen molar-refractivity contribution in [2.45, 2.75) is 30.0 Å². The van der Waals surface area contributed by atoms with Gasteiger partial charge in [-0.05, 0) is 12.8 Å². The number of nitrogen functional groups attached to an aromatic ring is 1. The third kappa shape index (κ3) is 5.33. The van der Waals surface area contributed by atoms with E-state index in [1.54, 1.807) is 11.6 Å². The van der Waals surface area contributed by atoms with E-state index < -0.39 is 29.9 Å². The molecule has 0 radical (unpaired) electrons. The Hall–Kier alpha value is -3.37. The quantitative estimate of drug-likeness (QED) is 0.0610. The summed E-state index contributed by atoms with van der Waals surface area (Å²) in [6.45, 7) is 3.59. The van der Waals surface area contributed by atoms with Crippen LogP contribution in [0.3, 0.4) is 0 Å². The Morgan fingerprint density at radius 2 is 2.31 bits per heavy atom. The van der Waals surface area contributed by atoms with Crippen LogP contribution in [0.25, 0.3) is 0 Å². The maximum atomic E-state index is 13.0. The summed E-state index contributed by atoms with van der Waals surface area (Å²) < 4.78 is 0. The number of carboxylic acid groups (broad SMARTS) is 1. The first-order valence-electron chi connectivity index (χ1n) is 10.1. The highest BCUT2D eigenvalue weighted by molar-refractivity contribution is 8.17. The summed E-state index contributed by atoms with van der Waals surface area (Å²) in [7, 11) is 0. The number of hydrogen-bond acceptors (Lipinski definition) is 12. The Kier molecular flexibility index (Phi) is 7.72. The van der Waals surface area contributed by atoms with E-state index in [0.717, 1.165) is 11.3 Å². The number of oxime groups is 1. The minimum atomic E-state index is -1.19. The molecule has 0 spiro atoms. The van der Waals surface area contributed by atoms with E-state index in [1.165, 1.54) is 34.5 Å². The van der Waals surface area contributed by atoms with Gasteiger partial charge in [-0.25, -0.2) is 9.78 Å². The lowest BCUT2D eigenvalue weighted by Crippen LogP contribution is -2.72. The number of aromatic amines is 1. The molecule has 16 heteroatoms. The summed E-state index contributed by atoms with van der Waals surface area (Å²) in [5, 5.41) is 29.4. The number of carbonyl (C=O) groups is 3. The van der Waals surface area contributed by atoms with Crippen LogP contribution in [0.4, 0.5) is 5.13 Å². The lowest BCUT2D eigenvalue weighted by Gasteiger charge is -2.50. The molecule has 0 aliphatic carbocycles. The molecule has 13 nitrogen and oxygen atoms in total. The van der Waals surface area contributed by atoms with Crippen molar-refractivity contribution in [3.8, 4) is 0 Å². The number of hydrogen-bond donors (Lipinski definition) is 4. The van der Waals surface area contributed by atoms with Crippen molar-refractivity contribution in [3.63, 3.8) is 0 Å². The summed E-state index contributed by atoms with van der Waals surface area (Å²) in [4.78, 5) is 48.9. The van der Waals surface area contributed by atoms with Gasteiger partial charge >= 0.3 is 5.97 Å². The second kappa shape index (κ2) is 10.9. The highest BCUT2D eigenvalue weighted by Crippen LogP contribution is 2.42. The Balaban J connectivity index is 1.46. The van der Waals surface area contributed by atoms with E-state index >= 15 is 0 Å². The summed E-state index contributed by atoms with van der Waals surface area (Å²) >= 11 is 3.87. The molecule has 1 saturated heterocycles. The van der Waals surface area contributed by atoms with Gasteiger partial charge < -0.3 is 21.0 Å². The van der Waals surface area contributed by atoms with Crippen LogP contribution in [0.1, 0.15) is 18.5 Å². The number of aliphatic carboxylic acids is 1. The number of H-pyrrole nitrogens is 1. The Morgan fingerprint density at radius 3 is 2.97 bits per heavy atom. The second-order valence-electron chi connectivity index (χ2n) is 7.15. The monoisotopic (exact) mass is 536 g/mol. The van der Waals surface area contributed by atoms with E-state index in [9.17, 15) is 19.5 Å². The molecule has 2 aliphatic rings. The summed E-state index contributed by atoms with van der Waals surface area (Å²) in [5.74, 6) is -2.38. The average molecular weight is 537 g/mol. The number of thioether (sulfide) groups is 2. The molecule has 184 valence electrons. The lowest BCUT2D eigenvalue weighted by molar-refractivity contribution is -0.155. The van der Waals surface area contributed by atoms with E-state index in [1.807, 2.05) is 0 Å². The van der Waals surface area contributed by atoms with Crippen LogP contribution in [0.2, 0.25) is 0 Å². The van der Waals surface area contributed by atoms with Gasteiger partial charge in [-0.3, -0.25) is 14.5 Å². The second-order valence-corrected chi connectivity index (χ2v) is 10.5. The number of amides is 2. The number of rotatable bonds is 11. The maximum Gasteiger partial charge on any atom is 0.353 e. The smallest absolute Gasteiger partial charge is 0.353 e. The molecule has 0 bridgehead atoms. The predicted molar refractivity (Wildman–Crippen MR) is 130 cm³/mol. The fourth-order valence-corrected chi connectivity index (χ4v) is 6.21. The molecule has 1 fully saturated rings. The van der Waals surface area contributed by atoms with E-state index in [2.05, 4.69) is 37.4 Å². The molecule has 4 rings (SSSR count). The number of nitrogens with zero attached hydrogens (tertiary/aromatic N) is 5. The topological polar surface area (TPSA) is 189 Å². The zero-order valence-corrected chi connectivity index (χ0v) is 20.5. The highest BCUT2D eigenvalue weighted by atomic mass is 32.2. The average Bonchev–Trinajstić information content (AvgIpc) is 3.51. The zero-order valence-electron chi connectivity index (χ0n) is 18.0. The van der Waals surface area contributed by atoms with Crippen LogP contribution < -0.4 is 11.1 Å². The summed E-state index contributed by atoms with van der Waals surface area (Å²) in [5.41, 5.74) is 5.67. The van der Waals surface area contributed by atoms with Crippen molar-refractivity contribution in [1.82, 2.24) is 30.6 Å². The van der Waals surface area contributed by atoms with Gasteiger partial charge in [0.1, 0.15) is 29.1 Å². The first kappa shape index (κ1) is 24.7. The van der Waals surface area contributed by atoms with Crippen molar-refractivity contribution < 1.29 is 24.3 Å². The van der Waals surface area contributed by atoms with E-state index in [4.69, 9.17) is 10.6 Å². The van der Waals surface area contributed by atoms with Gasteiger partial charge in [-0.2, -0.15) is 10.3 Å². The molecule has 0 saturated carbocycles. The first-order valence-corrected chi connectivity index (χ1v) is 13.0. The van der Waals surface area contributed by atoms with Gasteiger partial charge in [0.2, 0.25) is 0 Å². The van der Waals surface area contributed by atoms with Crippen LogP contribution in [0, 0.1) is 0 Å². The molecule has 2 atom stereocenters. The van der Waals surface area contributed by atoms with Crippen molar-refractivity contribution in [1.29, 1.82) is 0 Å². The number of anilines is 1. The van der Waals surface area contributed by atoms with Crippen molar-refractivity contribution >= 4 is 63.5 Å². The van der Waals surface area contributed by atoms with Gasteiger partial charge in [-0.15, -0.1) is 28.2 Å². The van der Waals surface area contributed by atoms with Crippen LogP contribution in [0.15, 0.2) is 45.0 Å². The summed E-state index contributed by atoms with van der Waals surface area (Å²) in [6.07, 6.45) is 3.98. The normalized spacial score (nSPS) is 19.7. The van der Waals surface area contributed by atoms with Gasteiger partial charge in [0.25, 0.3) is 11.8 Å². The third-order valence-corrected chi connectivity index (χ3v) is 7.90. The third-order valence-electron chi connectivity index (χ3n) is 5.04. The first-order chi connectivity index (χ1) is 16.9. The lowest BCUT2D eigenvalue weighted by atomic mass is 9.86. The van der Waals surface area contributed by atoms with E-state index in [0.29, 0.717) is 27.9 Å². The number of β-lactam (4-membered cyclic amide) rings is 1. The molecule has 2 aliphatic heterocycles. The maximum absolute atomic E-state index is 13.0. The minimum Gasteiger partial charge on any atom is -0.477 e. The molecule has 5 N–H and O–H groups in total. The number of fused-ring (bicyclic) bond motifs is 1. The van der Waals surface area contributed by atoms with Crippen molar-refractivity contribution in [2.75, 3.05) is 17.4 Å². The van der Waals surface area contributed by atoms with Crippen LogP contribution in [0.5, 0.6) is 0 Å². The largest absolute Gasteiger partial charge is 0.477 e. The standard InChI is InChI=1S/C19H20N8O5S3/c1-2-5-32-25-13(9-7-33-19(20)22-9)16(28)23-14-10-3-4-11(15(18(30)31)27(10)17(14)29)34-8-35-12-6-21-26-24-12/h2,6-7,10,14H,1,3-5,8H2,(H2,20,22)(H,23,28)(H,30,31)(H,21,24,26)/b25-13-/t10-,14+/m1/s1. The predicted octanol–water partition coefficient (Wildman–Crippen LogP) is 1.02. The van der Waals surface area contributed by atoms with Crippen LogP contribution in [-0.2, 0) is 19.2 Å². The van der Waals surface area contributed by atoms with Gasteiger partial charge in [-0.1, -0.05) is 29.6 Å². The minimum absolute atomic E-state index is 0.0574. The van der Waals surface area contributed by atoms with Gasteiger partial charge in [0.15, 0.2) is 10.8 Å². The molecule has 0 aromatic carbocycles. The molecule has 4 heterocycles. The summed E-state index contributed by atoms with van der Waals surface area (Å²) in [6, 6.07) is -1.38. The number of thiazole rings is 1. The fraction of sp³-hybridized carbons (Fsp3) is 0.316. The van der Waals surface area contributed by atoms with E-state index in [-0.39, 0.29) is 28.8 Å². The fourth-order valence-electron chi connectivity index (χ4n) is 3.56. The molecular weight excluding hydrogens is 516 g/mol.